The van der Waals surface area contributed by atoms with Crippen LogP contribution in [0, 0.1) is 6.92 Å². The van der Waals surface area contributed by atoms with E-state index in [1.54, 1.807) is 0 Å². The summed E-state index contributed by atoms with van der Waals surface area (Å²) in [6, 6.07) is 7.75. The quantitative estimate of drug-likeness (QED) is 0.790. The first-order valence-electron chi connectivity index (χ1n) is 8.65. The molecule has 6 heteroatoms. The summed E-state index contributed by atoms with van der Waals surface area (Å²) in [4.78, 5) is 14.3. The minimum Gasteiger partial charge on any atom is -0.343 e. The van der Waals surface area contributed by atoms with E-state index < -0.39 is 10.0 Å². The van der Waals surface area contributed by atoms with E-state index in [4.69, 9.17) is 0 Å². The van der Waals surface area contributed by atoms with Gasteiger partial charge in [-0.3, -0.25) is 4.79 Å². The molecule has 0 atom stereocenters. The van der Waals surface area contributed by atoms with Crippen molar-refractivity contribution in [1.82, 2.24) is 9.21 Å². The van der Waals surface area contributed by atoms with Gasteiger partial charge in [-0.25, -0.2) is 8.42 Å². The first-order valence-corrected chi connectivity index (χ1v) is 10.5. The minimum absolute atomic E-state index is 0.0651. The highest BCUT2D eigenvalue weighted by Crippen LogP contribution is 2.15. The summed E-state index contributed by atoms with van der Waals surface area (Å²) >= 11 is 0. The van der Waals surface area contributed by atoms with E-state index in [-0.39, 0.29) is 18.9 Å². The summed E-state index contributed by atoms with van der Waals surface area (Å²) in [7, 11) is -3.35. The van der Waals surface area contributed by atoms with Gasteiger partial charge in [0.1, 0.15) is 0 Å². The van der Waals surface area contributed by atoms with Gasteiger partial charge in [0.2, 0.25) is 15.9 Å². The lowest BCUT2D eigenvalue weighted by Crippen LogP contribution is -2.37. The summed E-state index contributed by atoms with van der Waals surface area (Å²) in [5.41, 5.74) is 2.04. The van der Waals surface area contributed by atoms with Crippen molar-refractivity contribution in [1.29, 1.82) is 0 Å². The van der Waals surface area contributed by atoms with Crippen LogP contribution in [0.1, 0.15) is 43.2 Å². The van der Waals surface area contributed by atoms with Gasteiger partial charge >= 0.3 is 0 Å². The molecule has 1 heterocycles. The molecule has 1 fully saturated rings. The highest BCUT2D eigenvalue weighted by molar-refractivity contribution is 7.88. The zero-order chi connectivity index (χ0) is 17.6. The smallest absolute Gasteiger partial charge is 0.223 e. The lowest BCUT2D eigenvalue weighted by molar-refractivity contribution is -0.131. The maximum atomic E-state index is 12.4. The number of hydrogen-bond donors (Lipinski definition) is 0. The molecule has 0 N–H and O–H groups in total. The van der Waals surface area contributed by atoms with E-state index in [1.165, 1.54) is 23.4 Å². The van der Waals surface area contributed by atoms with Crippen molar-refractivity contribution in [2.24, 2.45) is 0 Å². The molecule has 134 valence electrons. The normalized spacial score (nSPS) is 16.2. The molecule has 1 aliphatic rings. The Morgan fingerprint density at radius 3 is 2.33 bits per heavy atom. The summed E-state index contributed by atoms with van der Waals surface area (Å²) < 4.78 is 25.6. The van der Waals surface area contributed by atoms with E-state index in [0.29, 0.717) is 6.54 Å². The first kappa shape index (κ1) is 18.9. The van der Waals surface area contributed by atoms with Crippen LogP contribution in [0.3, 0.4) is 0 Å². The maximum absolute atomic E-state index is 12.4. The Kier molecular flexibility index (Phi) is 6.80. The molecule has 0 saturated carbocycles. The third-order valence-corrected chi connectivity index (χ3v) is 5.86. The Bertz CT molecular complexity index is 650. The minimum atomic E-state index is -3.35. The molecule has 0 bridgehead atoms. The average molecular weight is 353 g/mol. The fourth-order valence-electron chi connectivity index (χ4n) is 3.04. The maximum Gasteiger partial charge on any atom is 0.223 e. The highest BCUT2D eigenvalue weighted by Gasteiger charge is 2.21. The van der Waals surface area contributed by atoms with Crippen LogP contribution in [0.25, 0.3) is 0 Å². The monoisotopic (exact) mass is 352 g/mol. The predicted molar refractivity (Wildman–Crippen MR) is 96.1 cm³/mol. The summed E-state index contributed by atoms with van der Waals surface area (Å²) in [6.07, 6.45) is 5.90. The van der Waals surface area contributed by atoms with Gasteiger partial charge in [-0.15, -0.1) is 0 Å². The second kappa shape index (κ2) is 8.62. The molecular weight excluding hydrogens is 324 g/mol. The van der Waals surface area contributed by atoms with E-state index in [1.807, 2.05) is 36.1 Å². The lowest BCUT2D eigenvalue weighted by atomic mass is 10.1. The van der Waals surface area contributed by atoms with Crippen LogP contribution in [-0.4, -0.2) is 49.4 Å². The number of amides is 1. The molecule has 1 aromatic rings. The largest absolute Gasteiger partial charge is 0.343 e. The van der Waals surface area contributed by atoms with Crippen LogP contribution in [0.15, 0.2) is 24.3 Å². The number of likely N-dealkylation sites (tertiary alicyclic amines) is 1. The standard InChI is InChI=1S/C18H28N2O3S/c1-16-9-5-6-10-17(16)15-20(24(2,22)23)14-11-18(21)19-12-7-3-4-8-13-19/h5-6,9-10H,3-4,7-8,11-15H2,1-2H3. The Labute approximate surface area is 145 Å². The molecule has 2 rings (SSSR count). The molecule has 0 radical (unpaired) electrons. The van der Waals surface area contributed by atoms with Crippen molar-refractivity contribution in [3.05, 3.63) is 35.4 Å². The van der Waals surface area contributed by atoms with Crippen LogP contribution >= 0.6 is 0 Å². The van der Waals surface area contributed by atoms with E-state index in [0.717, 1.165) is 37.1 Å². The van der Waals surface area contributed by atoms with E-state index in [9.17, 15) is 13.2 Å². The SMILES string of the molecule is Cc1ccccc1CN(CCC(=O)N1CCCCCC1)S(C)(=O)=O. The van der Waals surface area contributed by atoms with Gasteiger partial charge in [-0.05, 0) is 30.9 Å². The molecule has 0 unspecified atom stereocenters. The van der Waals surface area contributed by atoms with Gasteiger partial charge < -0.3 is 4.90 Å². The zero-order valence-electron chi connectivity index (χ0n) is 14.7. The summed E-state index contributed by atoms with van der Waals surface area (Å²) in [5, 5.41) is 0. The third-order valence-electron chi connectivity index (χ3n) is 4.61. The number of carbonyl (C=O) groups excluding carboxylic acids is 1. The average Bonchev–Trinajstić information content (AvgIpc) is 2.81. The number of hydrogen-bond acceptors (Lipinski definition) is 3. The van der Waals surface area contributed by atoms with Crippen molar-refractivity contribution in [2.45, 2.75) is 45.6 Å². The topological polar surface area (TPSA) is 57.7 Å². The Balaban J connectivity index is 1.99. The highest BCUT2D eigenvalue weighted by atomic mass is 32.2. The Morgan fingerprint density at radius 2 is 1.75 bits per heavy atom. The van der Waals surface area contributed by atoms with E-state index >= 15 is 0 Å². The van der Waals surface area contributed by atoms with Crippen molar-refractivity contribution < 1.29 is 13.2 Å². The van der Waals surface area contributed by atoms with Crippen LogP contribution in [0.5, 0.6) is 0 Å². The number of carbonyl (C=O) groups is 1. The molecule has 1 aromatic carbocycles. The fourth-order valence-corrected chi connectivity index (χ4v) is 3.83. The first-order chi connectivity index (χ1) is 11.4. The van der Waals surface area contributed by atoms with Gasteiger partial charge in [0.25, 0.3) is 0 Å². The van der Waals surface area contributed by atoms with Gasteiger partial charge in [0.05, 0.1) is 6.26 Å². The molecular formula is C18H28N2O3S. The lowest BCUT2D eigenvalue weighted by Gasteiger charge is -2.24. The summed E-state index contributed by atoms with van der Waals surface area (Å²) in [6.45, 7) is 4.13. The van der Waals surface area contributed by atoms with E-state index in [2.05, 4.69) is 0 Å². The number of nitrogens with zero attached hydrogens (tertiary/aromatic N) is 2. The van der Waals surface area contributed by atoms with Crippen LogP contribution in [0.2, 0.25) is 0 Å². The Hall–Kier alpha value is -1.40. The van der Waals surface area contributed by atoms with Gasteiger partial charge in [-0.2, -0.15) is 4.31 Å². The third kappa shape index (κ3) is 5.60. The van der Waals surface area contributed by atoms with Crippen molar-refractivity contribution in [3.8, 4) is 0 Å². The zero-order valence-corrected chi connectivity index (χ0v) is 15.5. The molecule has 5 nitrogen and oxygen atoms in total. The number of rotatable bonds is 6. The number of benzene rings is 1. The van der Waals surface area contributed by atoms with Crippen molar-refractivity contribution in [3.63, 3.8) is 0 Å². The molecule has 1 aliphatic heterocycles. The molecule has 1 amide bonds. The Morgan fingerprint density at radius 1 is 1.12 bits per heavy atom. The van der Waals surface area contributed by atoms with Crippen molar-refractivity contribution >= 4 is 15.9 Å². The van der Waals surface area contributed by atoms with Crippen LogP contribution in [0.4, 0.5) is 0 Å². The van der Waals surface area contributed by atoms with Crippen LogP contribution < -0.4 is 0 Å². The molecule has 0 spiro atoms. The fraction of sp³-hybridized carbons (Fsp3) is 0.611. The second-order valence-electron chi connectivity index (χ2n) is 6.57. The van der Waals surface area contributed by atoms with Crippen molar-refractivity contribution in [2.75, 3.05) is 25.9 Å². The molecule has 1 saturated heterocycles. The predicted octanol–water partition coefficient (Wildman–Crippen LogP) is 2.55. The van der Waals surface area contributed by atoms with Gasteiger partial charge in [0.15, 0.2) is 0 Å². The number of sulfonamides is 1. The number of aryl methyl sites for hydroxylation is 1. The van der Waals surface area contributed by atoms with Crippen LogP contribution in [-0.2, 0) is 21.4 Å². The van der Waals surface area contributed by atoms with Gasteiger partial charge in [0, 0.05) is 32.6 Å². The van der Waals surface area contributed by atoms with Gasteiger partial charge in [-0.1, -0.05) is 37.1 Å². The second-order valence-corrected chi connectivity index (χ2v) is 8.55. The molecule has 0 aromatic heterocycles. The molecule has 24 heavy (non-hydrogen) atoms. The summed E-state index contributed by atoms with van der Waals surface area (Å²) in [5.74, 6) is 0.0651. The molecule has 0 aliphatic carbocycles.